The summed E-state index contributed by atoms with van der Waals surface area (Å²) in [4.78, 5) is 14.1. The Morgan fingerprint density at radius 1 is 1.76 bits per heavy atom. The maximum atomic E-state index is 11.8. The predicted molar refractivity (Wildman–Crippen MR) is 69.9 cm³/mol. The summed E-state index contributed by atoms with van der Waals surface area (Å²) in [5.41, 5.74) is 7.11. The smallest absolute Gasteiger partial charge is 0.237 e. The molecule has 0 aromatic carbocycles. The third-order valence-electron chi connectivity index (χ3n) is 3.39. The zero-order valence-corrected chi connectivity index (χ0v) is 10.9. The number of likely N-dealkylation sites (N-methyl/N-ethyl adjacent to an activating group) is 1. The van der Waals surface area contributed by atoms with E-state index in [1.54, 1.807) is 18.4 Å². The van der Waals surface area contributed by atoms with E-state index in [1.807, 2.05) is 0 Å². The molecule has 1 saturated heterocycles. The van der Waals surface area contributed by atoms with E-state index < -0.39 is 0 Å². The number of likely N-dealkylation sites (tertiary alicyclic amines) is 1. The van der Waals surface area contributed by atoms with Crippen LogP contribution in [-0.2, 0) is 4.79 Å². The van der Waals surface area contributed by atoms with Gasteiger partial charge in [-0.2, -0.15) is 11.3 Å². The molecule has 2 rings (SSSR count). The largest absolute Gasteiger partial charge is 0.358 e. The van der Waals surface area contributed by atoms with Gasteiger partial charge in [0.2, 0.25) is 5.91 Å². The molecule has 3 N–H and O–H groups in total. The molecule has 0 spiro atoms. The standard InChI is InChI=1S/C12H19N3OS/c1-14-12(16)10-3-2-5-15(10)11(7-13)9-4-6-17-8-9/h4,6,8,10-11H,2-3,5,7,13H2,1H3,(H,14,16). The van der Waals surface area contributed by atoms with Crippen LogP contribution in [-0.4, -0.2) is 37.0 Å². The summed E-state index contributed by atoms with van der Waals surface area (Å²) in [6.07, 6.45) is 2.00. The van der Waals surface area contributed by atoms with E-state index in [0.717, 1.165) is 19.4 Å². The summed E-state index contributed by atoms with van der Waals surface area (Å²) < 4.78 is 0. The van der Waals surface area contributed by atoms with Crippen LogP contribution in [0.3, 0.4) is 0 Å². The Hall–Kier alpha value is -0.910. The Labute approximate surface area is 106 Å². The first-order chi connectivity index (χ1) is 8.27. The number of hydrogen-bond acceptors (Lipinski definition) is 4. The molecule has 2 unspecified atom stereocenters. The number of hydrogen-bond donors (Lipinski definition) is 2. The molecule has 1 aromatic rings. The molecular formula is C12H19N3OS. The number of amides is 1. The van der Waals surface area contributed by atoms with Crippen molar-refractivity contribution in [3.05, 3.63) is 22.4 Å². The molecule has 0 radical (unpaired) electrons. The summed E-state index contributed by atoms with van der Waals surface area (Å²) in [5, 5.41) is 6.92. The summed E-state index contributed by atoms with van der Waals surface area (Å²) in [6.45, 7) is 1.51. The van der Waals surface area contributed by atoms with Crippen LogP contribution in [0, 0.1) is 0 Å². The van der Waals surface area contributed by atoms with Gasteiger partial charge in [-0.05, 0) is 41.8 Å². The van der Waals surface area contributed by atoms with Crippen molar-refractivity contribution in [1.29, 1.82) is 0 Å². The average molecular weight is 253 g/mol. The lowest BCUT2D eigenvalue weighted by molar-refractivity contribution is -0.125. The number of nitrogens with one attached hydrogen (secondary N) is 1. The molecule has 0 saturated carbocycles. The highest BCUT2D eigenvalue weighted by atomic mass is 32.1. The number of rotatable bonds is 4. The second kappa shape index (κ2) is 5.62. The molecule has 1 aliphatic heterocycles. The molecular weight excluding hydrogens is 234 g/mol. The normalized spacial score (nSPS) is 22.6. The number of thiophene rings is 1. The van der Waals surface area contributed by atoms with Gasteiger partial charge in [-0.25, -0.2) is 0 Å². The first kappa shape index (κ1) is 12.5. The Balaban J connectivity index is 2.16. The van der Waals surface area contributed by atoms with E-state index >= 15 is 0 Å². The highest BCUT2D eigenvalue weighted by Crippen LogP contribution is 2.29. The fourth-order valence-corrected chi connectivity index (χ4v) is 3.24. The van der Waals surface area contributed by atoms with Crippen molar-refractivity contribution in [1.82, 2.24) is 10.2 Å². The van der Waals surface area contributed by atoms with Crippen LogP contribution in [0.4, 0.5) is 0 Å². The van der Waals surface area contributed by atoms with Crippen LogP contribution in [0.15, 0.2) is 16.8 Å². The van der Waals surface area contributed by atoms with Gasteiger partial charge in [0.15, 0.2) is 0 Å². The predicted octanol–water partition coefficient (Wildman–Crippen LogP) is 0.958. The van der Waals surface area contributed by atoms with Gasteiger partial charge in [0.1, 0.15) is 0 Å². The molecule has 0 aliphatic carbocycles. The molecule has 1 aliphatic rings. The lowest BCUT2D eigenvalue weighted by Crippen LogP contribution is -2.45. The van der Waals surface area contributed by atoms with Gasteiger partial charge in [-0.3, -0.25) is 9.69 Å². The molecule has 0 bridgehead atoms. The van der Waals surface area contributed by atoms with E-state index in [0.29, 0.717) is 6.54 Å². The lowest BCUT2D eigenvalue weighted by Gasteiger charge is -2.31. The number of nitrogens with two attached hydrogens (primary N) is 1. The van der Waals surface area contributed by atoms with Gasteiger partial charge in [0.25, 0.3) is 0 Å². The van der Waals surface area contributed by atoms with Crippen LogP contribution >= 0.6 is 11.3 Å². The van der Waals surface area contributed by atoms with Gasteiger partial charge in [0, 0.05) is 19.6 Å². The first-order valence-corrected chi connectivity index (χ1v) is 6.91. The Kier molecular flexibility index (Phi) is 4.15. The van der Waals surface area contributed by atoms with Gasteiger partial charge in [0.05, 0.1) is 6.04 Å². The summed E-state index contributed by atoms with van der Waals surface area (Å²) in [6, 6.07) is 2.25. The molecule has 2 heterocycles. The van der Waals surface area contributed by atoms with E-state index in [4.69, 9.17) is 5.73 Å². The van der Waals surface area contributed by atoms with Crippen LogP contribution in [0.2, 0.25) is 0 Å². The first-order valence-electron chi connectivity index (χ1n) is 5.97. The van der Waals surface area contributed by atoms with Crippen molar-refractivity contribution in [3.63, 3.8) is 0 Å². The maximum absolute atomic E-state index is 11.8. The van der Waals surface area contributed by atoms with E-state index in [2.05, 4.69) is 27.0 Å². The van der Waals surface area contributed by atoms with Crippen molar-refractivity contribution in [2.45, 2.75) is 24.9 Å². The third-order valence-corrected chi connectivity index (χ3v) is 4.10. The summed E-state index contributed by atoms with van der Waals surface area (Å²) in [7, 11) is 1.70. The van der Waals surface area contributed by atoms with E-state index in [9.17, 15) is 4.79 Å². The molecule has 5 heteroatoms. The second-order valence-electron chi connectivity index (χ2n) is 4.32. The number of nitrogens with zero attached hydrogens (tertiary/aromatic N) is 1. The van der Waals surface area contributed by atoms with Crippen LogP contribution in [0.25, 0.3) is 0 Å². The van der Waals surface area contributed by atoms with E-state index in [-0.39, 0.29) is 18.0 Å². The van der Waals surface area contributed by atoms with Gasteiger partial charge in [-0.15, -0.1) is 0 Å². The zero-order chi connectivity index (χ0) is 12.3. The van der Waals surface area contributed by atoms with Gasteiger partial charge < -0.3 is 11.1 Å². The van der Waals surface area contributed by atoms with Crippen molar-refractivity contribution in [3.8, 4) is 0 Å². The van der Waals surface area contributed by atoms with Crippen LogP contribution in [0.1, 0.15) is 24.4 Å². The summed E-state index contributed by atoms with van der Waals surface area (Å²) >= 11 is 1.67. The van der Waals surface area contributed by atoms with Gasteiger partial charge >= 0.3 is 0 Å². The van der Waals surface area contributed by atoms with E-state index in [1.165, 1.54) is 5.56 Å². The molecule has 4 nitrogen and oxygen atoms in total. The number of carbonyl (C=O) groups excluding carboxylic acids is 1. The van der Waals surface area contributed by atoms with Crippen molar-refractivity contribution >= 4 is 17.2 Å². The Morgan fingerprint density at radius 2 is 2.59 bits per heavy atom. The van der Waals surface area contributed by atoms with Crippen LogP contribution < -0.4 is 11.1 Å². The SMILES string of the molecule is CNC(=O)C1CCCN1C(CN)c1ccsc1. The van der Waals surface area contributed by atoms with Gasteiger partial charge in [-0.1, -0.05) is 0 Å². The molecule has 1 aromatic heterocycles. The van der Waals surface area contributed by atoms with Crippen molar-refractivity contribution in [2.75, 3.05) is 20.1 Å². The average Bonchev–Trinajstić information content (AvgIpc) is 3.00. The minimum atomic E-state index is -0.0200. The van der Waals surface area contributed by atoms with Crippen molar-refractivity contribution < 1.29 is 4.79 Å². The molecule has 2 atom stereocenters. The number of carbonyl (C=O) groups is 1. The van der Waals surface area contributed by atoms with Crippen LogP contribution in [0.5, 0.6) is 0 Å². The minimum Gasteiger partial charge on any atom is -0.358 e. The Morgan fingerprint density at radius 3 is 3.18 bits per heavy atom. The zero-order valence-electron chi connectivity index (χ0n) is 10.1. The topological polar surface area (TPSA) is 58.4 Å². The molecule has 94 valence electrons. The fraction of sp³-hybridized carbons (Fsp3) is 0.583. The van der Waals surface area contributed by atoms with Crippen molar-refractivity contribution in [2.24, 2.45) is 5.73 Å². The monoisotopic (exact) mass is 253 g/mol. The fourth-order valence-electron chi connectivity index (χ4n) is 2.54. The quantitative estimate of drug-likeness (QED) is 0.840. The summed E-state index contributed by atoms with van der Waals surface area (Å²) in [5.74, 6) is 0.108. The molecule has 17 heavy (non-hydrogen) atoms. The maximum Gasteiger partial charge on any atom is 0.237 e. The third kappa shape index (κ3) is 2.51. The second-order valence-corrected chi connectivity index (χ2v) is 5.10. The molecule has 1 fully saturated rings. The highest BCUT2D eigenvalue weighted by molar-refractivity contribution is 7.07. The minimum absolute atomic E-state index is 0.0200. The highest BCUT2D eigenvalue weighted by Gasteiger charge is 2.35. The lowest BCUT2D eigenvalue weighted by atomic mass is 10.1. The Bertz CT molecular complexity index is 366. The molecule has 1 amide bonds.